The predicted octanol–water partition coefficient (Wildman–Crippen LogP) is 5.13. The number of rotatable bonds is 4. The van der Waals surface area contributed by atoms with Gasteiger partial charge in [-0.15, -0.1) is 11.3 Å². The number of thiazole rings is 1. The van der Waals surface area contributed by atoms with Gasteiger partial charge in [-0.2, -0.15) is 5.10 Å². The summed E-state index contributed by atoms with van der Waals surface area (Å²) in [5, 5.41) is 9.16. The summed E-state index contributed by atoms with van der Waals surface area (Å²) < 4.78 is 3.81. The number of H-pyrrole nitrogens is 1. The van der Waals surface area contributed by atoms with Gasteiger partial charge in [0.1, 0.15) is 10.2 Å². The van der Waals surface area contributed by atoms with Crippen LogP contribution in [0.15, 0.2) is 40.7 Å². The Labute approximate surface area is 158 Å². The first-order chi connectivity index (χ1) is 12.0. The molecule has 3 heterocycles. The fraction of sp³-hybridized carbons (Fsp3) is 0.176. The number of aryl methyl sites for hydroxylation is 2. The molecule has 25 heavy (non-hydrogen) atoms. The van der Waals surface area contributed by atoms with Crippen LogP contribution >= 0.6 is 34.9 Å². The number of fused-ring (bicyclic) bond motifs is 1. The highest BCUT2D eigenvalue weighted by Gasteiger charge is 2.17. The molecule has 4 rings (SSSR count). The molecule has 0 saturated heterocycles. The highest BCUT2D eigenvalue weighted by Crippen LogP contribution is 2.38. The van der Waals surface area contributed by atoms with Gasteiger partial charge in [0.2, 0.25) is 0 Å². The fourth-order valence-electron chi connectivity index (χ4n) is 2.77. The van der Waals surface area contributed by atoms with E-state index in [4.69, 9.17) is 11.6 Å². The molecule has 0 aliphatic rings. The largest absolute Gasteiger partial charge is 0.351 e. The molecule has 0 amide bonds. The highest BCUT2D eigenvalue weighted by molar-refractivity contribution is 8.00. The van der Waals surface area contributed by atoms with Crippen molar-refractivity contribution in [3.05, 3.63) is 46.7 Å². The van der Waals surface area contributed by atoms with E-state index in [1.54, 1.807) is 28.0 Å². The number of aromatic amines is 1. The van der Waals surface area contributed by atoms with Crippen LogP contribution in [-0.2, 0) is 7.05 Å². The van der Waals surface area contributed by atoms with Crippen LogP contribution in [0.4, 0.5) is 5.69 Å². The summed E-state index contributed by atoms with van der Waals surface area (Å²) >= 11 is 9.58. The van der Waals surface area contributed by atoms with Gasteiger partial charge in [0.05, 0.1) is 27.5 Å². The van der Waals surface area contributed by atoms with Crippen molar-refractivity contribution in [2.24, 2.45) is 7.05 Å². The van der Waals surface area contributed by atoms with Crippen molar-refractivity contribution < 1.29 is 0 Å². The van der Waals surface area contributed by atoms with E-state index in [1.165, 1.54) is 0 Å². The second kappa shape index (κ2) is 6.40. The van der Waals surface area contributed by atoms with Crippen molar-refractivity contribution in [1.82, 2.24) is 19.7 Å². The van der Waals surface area contributed by atoms with Gasteiger partial charge in [-0.1, -0.05) is 23.7 Å². The maximum absolute atomic E-state index is 6.37. The number of nitrogens with zero attached hydrogens (tertiary/aromatic N) is 4. The maximum atomic E-state index is 6.37. The highest BCUT2D eigenvalue weighted by atomic mass is 35.5. The second-order valence-electron chi connectivity index (χ2n) is 5.68. The van der Waals surface area contributed by atoms with Crippen molar-refractivity contribution in [2.75, 3.05) is 11.4 Å². The van der Waals surface area contributed by atoms with Crippen LogP contribution in [0.5, 0.6) is 0 Å². The number of anilines is 1. The smallest absolute Gasteiger partial charge is 0.142 e. The van der Waals surface area contributed by atoms with Crippen molar-refractivity contribution in [3.8, 4) is 10.7 Å². The van der Waals surface area contributed by atoms with Crippen LogP contribution in [0, 0.1) is 6.92 Å². The summed E-state index contributed by atoms with van der Waals surface area (Å²) in [4.78, 5) is 8.86. The van der Waals surface area contributed by atoms with E-state index in [2.05, 4.69) is 43.6 Å². The van der Waals surface area contributed by atoms with Gasteiger partial charge in [-0.05, 0) is 31.0 Å². The topological polar surface area (TPSA) is 49.7 Å². The number of nitrogens with one attached hydrogen (secondary N) is 1. The fourth-order valence-corrected chi connectivity index (χ4v) is 4.57. The Morgan fingerprint density at radius 2 is 2.20 bits per heavy atom. The molecule has 0 spiro atoms. The zero-order valence-corrected chi connectivity index (χ0v) is 16.3. The summed E-state index contributed by atoms with van der Waals surface area (Å²) in [5.74, 6) is 0. The molecule has 0 fully saturated rings. The van der Waals surface area contributed by atoms with Gasteiger partial charge in [-0.3, -0.25) is 4.68 Å². The Bertz CT molecular complexity index is 1040. The minimum absolute atomic E-state index is 0.650. The van der Waals surface area contributed by atoms with E-state index in [9.17, 15) is 0 Å². The van der Waals surface area contributed by atoms with Gasteiger partial charge in [0, 0.05) is 31.1 Å². The molecule has 3 aromatic heterocycles. The number of halogens is 1. The molecule has 0 unspecified atom stereocenters. The van der Waals surface area contributed by atoms with Crippen LogP contribution in [-0.4, -0.2) is 26.8 Å². The molecule has 8 heteroatoms. The molecule has 0 saturated carbocycles. The van der Waals surface area contributed by atoms with Gasteiger partial charge < -0.3 is 9.29 Å². The Kier molecular flexibility index (Phi) is 4.23. The van der Waals surface area contributed by atoms with Crippen molar-refractivity contribution >= 4 is 51.5 Å². The predicted molar refractivity (Wildman–Crippen MR) is 107 cm³/mol. The molecule has 1 aromatic carbocycles. The third-order valence-electron chi connectivity index (χ3n) is 3.96. The first-order valence-electron chi connectivity index (χ1n) is 7.67. The van der Waals surface area contributed by atoms with Gasteiger partial charge in [-0.25, -0.2) is 4.98 Å². The molecule has 0 aliphatic carbocycles. The van der Waals surface area contributed by atoms with Crippen LogP contribution in [0.2, 0.25) is 5.15 Å². The standard InChI is InChI=1S/C17H16ClN5S2/c1-10-15(16(18)22(2)21-10)25-23(3)13-6-4-5-11-9-12(20-14(11)13)17-19-7-8-24-17/h4-9,20H,1-3H3. The van der Waals surface area contributed by atoms with Gasteiger partial charge in [0.25, 0.3) is 0 Å². The Hall–Kier alpha value is -1.96. The summed E-state index contributed by atoms with van der Waals surface area (Å²) in [7, 11) is 3.89. The quantitative estimate of drug-likeness (QED) is 0.491. The molecule has 128 valence electrons. The molecule has 1 N–H and O–H groups in total. The van der Waals surface area contributed by atoms with E-state index >= 15 is 0 Å². The third-order valence-corrected chi connectivity index (χ3v) is 6.46. The zero-order chi connectivity index (χ0) is 17.6. The van der Waals surface area contributed by atoms with E-state index in [1.807, 2.05) is 32.6 Å². The summed E-state index contributed by atoms with van der Waals surface area (Å²) in [6.07, 6.45) is 1.82. The summed E-state index contributed by atoms with van der Waals surface area (Å²) in [6, 6.07) is 8.40. The average Bonchev–Trinajstić information content (AvgIpc) is 3.30. The third kappa shape index (κ3) is 2.92. The van der Waals surface area contributed by atoms with Crippen molar-refractivity contribution in [2.45, 2.75) is 11.8 Å². The summed E-state index contributed by atoms with van der Waals surface area (Å²) in [5.41, 5.74) is 4.13. The normalized spacial score (nSPS) is 11.4. The maximum Gasteiger partial charge on any atom is 0.142 e. The molecule has 0 aliphatic heterocycles. The van der Waals surface area contributed by atoms with Crippen molar-refractivity contribution in [1.29, 1.82) is 0 Å². The van der Waals surface area contributed by atoms with E-state index in [0.29, 0.717) is 5.15 Å². The van der Waals surface area contributed by atoms with Crippen molar-refractivity contribution in [3.63, 3.8) is 0 Å². The molecule has 4 aromatic rings. The SMILES string of the molecule is Cc1nn(C)c(Cl)c1SN(C)c1cccc2cc(-c3nccs3)[nH]c12. The lowest BCUT2D eigenvalue weighted by molar-refractivity contribution is 0.757. The number of hydrogen-bond acceptors (Lipinski definition) is 5. The van der Waals surface area contributed by atoms with Gasteiger partial charge >= 0.3 is 0 Å². The van der Waals surface area contributed by atoms with Crippen LogP contribution in [0.3, 0.4) is 0 Å². The number of aromatic nitrogens is 4. The van der Waals surface area contributed by atoms with Gasteiger partial charge in [0.15, 0.2) is 0 Å². The second-order valence-corrected chi connectivity index (χ2v) is 8.07. The lowest BCUT2D eigenvalue weighted by Gasteiger charge is -2.18. The molecule has 0 radical (unpaired) electrons. The number of benzene rings is 1. The molecule has 0 atom stereocenters. The number of para-hydroxylation sites is 1. The first kappa shape index (κ1) is 16.5. The monoisotopic (exact) mass is 389 g/mol. The summed E-state index contributed by atoms with van der Waals surface area (Å²) in [6.45, 7) is 1.97. The molecular weight excluding hydrogens is 374 g/mol. The lowest BCUT2D eigenvalue weighted by atomic mass is 10.2. The minimum atomic E-state index is 0.650. The molecule has 0 bridgehead atoms. The Balaban J connectivity index is 1.73. The average molecular weight is 390 g/mol. The Morgan fingerprint density at radius 1 is 1.36 bits per heavy atom. The Morgan fingerprint density at radius 3 is 2.88 bits per heavy atom. The first-order valence-corrected chi connectivity index (χ1v) is 9.70. The van der Waals surface area contributed by atoms with E-state index in [-0.39, 0.29) is 0 Å². The van der Waals surface area contributed by atoms with E-state index in [0.717, 1.165) is 37.9 Å². The minimum Gasteiger partial charge on any atom is -0.351 e. The molecule has 5 nitrogen and oxygen atoms in total. The van der Waals surface area contributed by atoms with Crippen LogP contribution in [0.25, 0.3) is 21.6 Å². The van der Waals surface area contributed by atoms with Crippen LogP contribution in [0.1, 0.15) is 5.69 Å². The van der Waals surface area contributed by atoms with E-state index < -0.39 is 0 Å². The van der Waals surface area contributed by atoms with Crippen LogP contribution < -0.4 is 4.31 Å². The zero-order valence-electron chi connectivity index (χ0n) is 13.9. The number of hydrogen-bond donors (Lipinski definition) is 1. The lowest BCUT2D eigenvalue weighted by Crippen LogP contribution is -2.07. The molecular formula is C17H16ClN5S2.